The zero-order chi connectivity index (χ0) is 33.4. The quantitative estimate of drug-likeness (QED) is 0.294. The molecule has 0 radical (unpaired) electrons. The van der Waals surface area contributed by atoms with E-state index in [-0.39, 0.29) is 41.2 Å². The number of amides is 4. The van der Waals surface area contributed by atoms with Crippen molar-refractivity contribution < 1.29 is 43.7 Å². The normalized spacial score (nSPS) is 28.1. The summed E-state index contributed by atoms with van der Waals surface area (Å²) in [6.07, 6.45) is 2.17. The van der Waals surface area contributed by atoms with E-state index in [1.54, 1.807) is 43.3 Å². The molecule has 2 aliphatic carbocycles. The fraction of sp³-hybridized carbons (Fsp3) is 0.306. The molecule has 2 heterocycles. The number of phenolic OH excluding ortho intramolecular Hbond substituents is 1. The van der Waals surface area contributed by atoms with Crippen molar-refractivity contribution in [2.75, 3.05) is 24.0 Å². The largest absolute Gasteiger partial charge is 0.507 e. The van der Waals surface area contributed by atoms with Gasteiger partial charge in [-0.3, -0.25) is 24.1 Å². The number of imide groups is 2. The lowest BCUT2D eigenvalue weighted by Gasteiger charge is -2.49. The highest BCUT2D eigenvalue weighted by Crippen LogP contribution is 2.65. The maximum atomic E-state index is 14.6. The first kappa shape index (κ1) is 30.2. The van der Waals surface area contributed by atoms with Crippen LogP contribution >= 0.6 is 0 Å². The highest BCUT2D eigenvalue weighted by atomic mass is 16.5. The smallest absolute Gasteiger partial charge is 0.335 e. The van der Waals surface area contributed by atoms with Gasteiger partial charge in [0.25, 0.3) is 0 Å². The summed E-state index contributed by atoms with van der Waals surface area (Å²) in [5.74, 6) is -6.70. The van der Waals surface area contributed by atoms with E-state index in [4.69, 9.17) is 9.47 Å². The summed E-state index contributed by atoms with van der Waals surface area (Å²) in [5, 5.41) is 21.1. The van der Waals surface area contributed by atoms with Gasteiger partial charge >= 0.3 is 5.97 Å². The number of benzene rings is 3. The molecule has 3 aromatic rings. The standard InChI is InChI=1S/C36H32N2O9/c1-36-25(32(41)38(35(36)45)19-9-5-4-6-10-19)17-24-22(30(36)29-26(39)15-21(46-2)16-27(29)47-3)12-13-23-28(24)33(42)37(31(23)40)20-11-7-8-18(14-20)34(43)44/h4-12,14-16,23-25,28,30,39H,13,17H2,1-3H3,(H,43,44). The lowest BCUT2D eigenvalue weighted by Crippen LogP contribution is -2.49. The molecule has 11 nitrogen and oxygen atoms in total. The Morgan fingerprint density at radius 3 is 2.26 bits per heavy atom. The predicted molar refractivity (Wildman–Crippen MR) is 168 cm³/mol. The van der Waals surface area contributed by atoms with Crippen LogP contribution in [-0.2, 0) is 19.2 Å². The number of aromatic hydroxyl groups is 1. The number of ether oxygens (including phenoxy) is 2. The lowest BCUT2D eigenvalue weighted by molar-refractivity contribution is -0.131. The monoisotopic (exact) mass is 636 g/mol. The van der Waals surface area contributed by atoms with E-state index in [2.05, 4.69) is 0 Å². The number of aromatic carboxylic acids is 1. The molecule has 3 fully saturated rings. The molecule has 1 saturated carbocycles. The molecule has 7 rings (SSSR count). The molecule has 11 heteroatoms. The van der Waals surface area contributed by atoms with Gasteiger partial charge in [0.05, 0.1) is 54.3 Å². The van der Waals surface area contributed by atoms with Crippen LogP contribution in [0.4, 0.5) is 11.4 Å². The van der Waals surface area contributed by atoms with E-state index in [1.807, 2.05) is 6.08 Å². The number of hydrogen-bond acceptors (Lipinski definition) is 8. The van der Waals surface area contributed by atoms with Gasteiger partial charge in [-0.1, -0.05) is 35.9 Å². The molecule has 2 saturated heterocycles. The molecule has 6 unspecified atom stereocenters. The molecular formula is C36H32N2O9. The summed E-state index contributed by atoms with van der Waals surface area (Å²) in [7, 11) is 2.88. The number of anilines is 2. The van der Waals surface area contributed by atoms with Crippen molar-refractivity contribution in [1.29, 1.82) is 0 Å². The average molecular weight is 637 g/mol. The van der Waals surface area contributed by atoms with Crippen LogP contribution in [0.1, 0.15) is 41.6 Å². The molecule has 2 aliphatic heterocycles. The molecule has 0 bridgehead atoms. The molecule has 3 aromatic carbocycles. The summed E-state index contributed by atoms with van der Waals surface area (Å²) in [6, 6.07) is 17.3. The Labute approximate surface area is 270 Å². The van der Waals surface area contributed by atoms with Crippen LogP contribution in [0.25, 0.3) is 0 Å². The van der Waals surface area contributed by atoms with Crippen LogP contribution in [0, 0.1) is 29.1 Å². The van der Waals surface area contributed by atoms with Gasteiger partial charge in [0.2, 0.25) is 23.6 Å². The van der Waals surface area contributed by atoms with Crippen molar-refractivity contribution in [2.45, 2.75) is 25.7 Å². The molecular weight excluding hydrogens is 604 g/mol. The third-order valence-corrected chi connectivity index (χ3v) is 10.5. The Balaban J connectivity index is 1.40. The Bertz CT molecular complexity index is 1900. The van der Waals surface area contributed by atoms with Gasteiger partial charge in [-0.2, -0.15) is 0 Å². The minimum absolute atomic E-state index is 0.0663. The van der Waals surface area contributed by atoms with Crippen LogP contribution in [0.2, 0.25) is 0 Å². The first-order valence-corrected chi connectivity index (χ1v) is 15.3. The van der Waals surface area contributed by atoms with Crippen molar-refractivity contribution in [3.05, 3.63) is 89.5 Å². The number of carboxylic acids is 1. The van der Waals surface area contributed by atoms with Gasteiger partial charge in [-0.15, -0.1) is 0 Å². The van der Waals surface area contributed by atoms with E-state index < -0.39 is 64.6 Å². The second-order valence-electron chi connectivity index (χ2n) is 12.6. The minimum atomic E-state index is -1.39. The van der Waals surface area contributed by atoms with E-state index in [9.17, 15) is 34.2 Å². The number of hydrogen-bond donors (Lipinski definition) is 2. The first-order valence-electron chi connectivity index (χ1n) is 15.3. The van der Waals surface area contributed by atoms with Crippen molar-refractivity contribution in [3.8, 4) is 17.2 Å². The molecule has 47 heavy (non-hydrogen) atoms. The SMILES string of the molecule is COc1cc(O)c(C2C3=CCC4C(=O)N(c5cccc(C(=O)O)c5)C(=O)C4C3CC3C(=O)N(c4ccccc4)C(=O)C32C)c(OC)c1. The van der Waals surface area contributed by atoms with Gasteiger partial charge in [0.15, 0.2) is 0 Å². The van der Waals surface area contributed by atoms with Crippen molar-refractivity contribution >= 4 is 41.0 Å². The van der Waals surface area contributed by atoms with Crippen LogP contribution in [0.5, 0.6) is 17.2 Å². The summed E-state index contributed by atoms with van der Waals surface area (Å²) in [6.45, 7) is 1.73. The number of carbonyl (C=O) groups is 5. The highest BCUT2D eigenvalue weighted by Gasteiger charge is 2.68. The van der Waals surface area contributed by atoms with Crippen LogP contribution in [0.15, 0.2) is 78.4 Å². The van der Waals surface area contributed by atoms with Gasteiger partial charge in [0, 0.05) is 23.6 Å². The second-order valence-corrected chi connectivity index (χ2v) is 12.6. The zero-order valence-electron chi connectivity index (χ0n) is 25.9. The number of para-hydroxylation sites is 1. The molecule has 0 aromatic heterocycles. The van der Waals surface area contributed by atoms with Crippen LogP contribution in [-0.4, -0.2) is 54.0 Å². The number of allylic oxidation sites excluding steroid dienone is 2. The molecule has 0 spiro atoms. The number of phenols is 1. The summed E-state index contributed by atoms with van der Waals surface area (Å²) < 4.78 is 11.1. The Hall–Kier alpha value is -5.45. The maximum Gasteiger partial charge on any atom is 0.335 e. The van der Waals surface area contributed by atoms with Gasteiger partial charge < -0.3 is 19.7 Å². The number of carbonyl (C=O) groups excluding carboxylic acids is 4. The summed E-state index contributed by atoms with van der Waals surface area (Å²) >= 11 is 0. The Morgan fingerprint density at radius 2 is 1.57 bits per heavy atom. The van der Waals surface area contributed by atoms with Crippen LogP contribution in [0.3, 0.4) is 0 Å². The number of carboxylic acid groups (broad SMARTS) is 1. The topological polar surface area (TPSA) is 151 Å². The molecule has 4 amide bonds. The van der Waals surface area contributed by atoms with E-state index in [1.165, 1.54) is 49.5 Å². The highest BCUT2D eigenvalue weighted by molar-refractivity contribution is 6.25. The number of nitrogens with zero attached hydrogens (tertiary/aromatic N) is 2. The number of rotatable bonds is 6. The maximum absolute atomic E-state index is 14.6. The molecule has 240 valence electrons. The fourth-order valence-electron chi connectivity index (χ4n) is 8.34. The predicted octanol–water partition coefficient (Wildman–Crippen LogP) is 4.54. The second kappa shape index (κ2) is 10.8. The third kappa shape index (κ3) is 4.22. The molecule has 2 N–H and O–H groups in total. The summed E-state index contributed by atoms with van der Waals surface area (Å²) in [4.78, 5) is 71.0. The van der Waals surface area contributed by atoms with E-state index in [0.29, 0.717) is 17.0 Å². The summed E-state index contributed by atoms with van der Waals surface area (Å²) in [5.41, 5.74) is 0.0708. The van der Waals surface area contributed by atoms with Gasteiger partial charge in [-0.25, -0.2) is 9.69 Å². The Morgan fingerprint density at radius 1 is 0.851 bits per heavy atom. The number of fused-ring (bicyclic) bond motifs is 4. The molecule has 6 atom stereocenters. The van der Waals surface area contributed by atoms with Crippen molar-refractivity contribution in [2.24, 2.45) is 29.1 Å². The van der Waals surface area contributed by atoms with E-state index in [0.717, 1.165) is 4.90 Å². The van der Waals surface area contributed by atoms with E-state index >= 15 is 0 Å². The van der Waals surface area contributed by atoms with Gasteiger partial charge in [-0.05, 0) is 56.0 Å². The zero-order valence-corrected chi connectivity index (χ0v) is 25.9. The molecule has 4 aliphatic rings. The first-order chi connectivity index (χ1) is 22.5. The van der Waals surface area contributed by atoms with Crippen molar-refractivity contribution in [3.63, 3.8) is 0 Å². The third-order valence-electron chi connectivity index (χ3n) is 10.5. The fourth-order valence-corrected chi connectivity index (χ4v) is 8.34. The number of methoxy groups -OCH3 is 2. The van der Waals surface area contributed by atoms with Crippen molar-refractivity contribution in [1.82, 2.24) is 0 Å². The average Bonchev–Trinajstić information content (AvgIpc) is 3.44. The Kier molecular flexibility index (Phi) is 6.96. The minimum Gasteiger partial charge on any atom is -0.507 e. The van der Waals surface area contributed by atoms with Crippen LogP contribution < -0.4 is 19.3 Å². The lowest BCUT2D eigenvalue weighted by atomic mass is 9.51. The van der Waals surface area contributed by atoms with Gasteiger partial charge in [0.1, 0.15) is 17.2 Å².